The highest BCUT2D eigenvalue weighted by molar-refractivity contribution is 6.17. The molecule has 4 heteroatoms. The van der Waals surface area contributed by atoms with Crippen LogP contribution in [0.15, 0.2) is 18.3 Å². The molecule has 0 atom stereocenters. The van der Waals surface area contributed by atoms with Gasteiger partial charge < -0.3 is 5.32 Å². The fourth-order valence-corrected chi connectivity index (χ4v) is 1.99. The second-order valence-corrected chi connectivity index (χ2v) is 5.30. The molecular weight excluding hydrogens is 236 g/mol. The summed E-state index contributed by atoms with van der Waals surface area (Å²) >= 11 is 5.72. The van der Waals surface area contributed by atoms with Crippen LogP contribution in [-0.4, -0.2) is 23.3 Å². The van der Waals surface area contributed by atoms with Crippen molar-refractivity contribution in [3.8, 4) is 0 Å². The lowest BCUT2D eigenvalue weighted by molar-refractivity contribution is 0.0935. The summed E-state index contributed by atoms with van der Waals surface area (Å²) in [4.78, 5) is 16.0. The molecule has 0 aromatic carbocycles. The lowest BCUT2D eigenvalue weighted by Crippen LogP contribution is -2.34. The first-order valence-corrected chi connectivity index (χ1v) is 6.25. The van der Waals surface area contributed by atoms with Gasteiger partial charge in [0, 0.05) is 24.3 Å². The Kier molecular flexibility index (Phi) is 4.94. The first kappa shape index (κ1) is 14.0. The predicted molar refractivity (Wildman–Crippen MR) is 70.4 cm³/mol. The predicted octanol–water partition coefficient (Wildman–Crippen LogP) is 2.77. The molecule has 1 amide bonds. The molecule has 1 aromatic heterocycles. The third-order valence-electron chi connectivity index (χ3n) is 2.75. The Morgan fingerprint density at radius 1 is 1.53 bits per heavy atom. The molecule has 1 N–H and O–H groups in total. The van der Waals surface area contributed by atoms with Crippen molar-refractivity contribution in [2.75, 3.05) is 12.4 Å². The first-order valence-electron chi connectivity index (χ1n) is 5.72. The van der Waals surface area contributed by atoms with Gasteiger partial charge in [-0.2, -0.15) is 0 Å². The number of hydrogen-bond donors (Lipinski definition) is 1. The highest BCUT2D eigenvalue weighted by Crippen LogP contribution is 2.19. The third-order valence-corrected chi connectivity index (χ3v) is 2.94. The van der Waals surface area contributed by atoms with Gasteiger partial charge in [-0.1, -0.05) is 13.8 Å². The van der Waals surface area contributed by atoms with E-state index < -0.39 is 0 Å². The van der Waals surface area contributed by atoms with E-state index in [9.17, 15) is 4.79 Å². The quantitative estimate of drug-likeness (QED) is 0.821. The van der Waals surface area contributed by atoms with Crippen LogP contribution >= 0.6 is 11.6 Å². The van der Waals surface area contributed by atoms with Crippen molar-refractivity contribution in [1.82, 2.24) is 10.3 Å². The molecule has 17 heavy (non-hydrogen) atoms. The van der Waals surface area contributed by atoms with E-state index in [4.69, 9.17) is 11.6 Å². The zero-order chi connectivity index (χ0) is 12.9. The number of rotatable bonds is 5. The second-order valence-electron chi connectivity index (χ2n) is 4.92. The van der Waals surface area contributed by atoms with Gasteiger partial charge in [0.05, 0.1) is 5.56 Å². The van der Waals surface area contributed by atoms with E-state index in [1.54, 1.807) is 18.3 Å². The van der Waals surface area contributed by atoms with E-state index in [1.807, 2.05) is 6.92 Å². The van der Waals surface area contributed by atoms with Crippen molar-refractivity contribution in [3.63, 3.8) is 0 Å². The number of halogens is 1. The first-order chi connectivity index (χ1) is 7.96. The number of pyridine rings is 1. The van der Waals surface area contributed by atoms with E-state index in [0.29, 0.717) is 18.0 Å². The minimum absolute atomic E-state index is 0.0214. The van der Waals surface area contributed by atoms with E-state index in [-0.39, 0.29) is 11.3 Å². The summed E-state index contributed by atoms with van der Waals surface area (Å²) in [6.07, 6.45) is 2.56. The highest BCUT2D eigenvalue weighted by Gasteiger charge is 2.19. The van der Waals surface area contributed by atoms with Crippen LogP contribution in [0.2, 0.25) is 0 Å². The highest BCUT2D eigenvalue weighted by atomic mass is 35.5. The summed E-state index contributed by atoms with van der Waals surface area (Å²) in [5.41, 5.74) is 1.40. The van der Waals surface area contributed by atoms with Gasteiger partial charge in [-0.05, 0) is 30.9 Å². The molecule has 1 heterocycles. The summed E-state index contributed by atoms with van der Waals surface area (Å²) in [5.74, 6) is 0.535. The van der Waals surface area contributed by atoms with Gasteiger partial charge >= 0.3 is 0 Å². The Morgan fingerprint density at radius 2 is 2.24 bits per heavy atom. The molecular formula is C13H19ClN2O. The standard InChI is InChI=1S/C13H19ClN2O/c1-10-11(5-4-8-15-10)12(17)16-9-13(2,3)6-7-14/h4-5,8H,6-7,9H2,1-3H3,(H,16,17). The molecule has 0 aliphatic rings. The number of nitrogens with one attached hydrogen (secondary N) is 1. The van der Waals surface area contributed by atoms with Gasteiger partial charge in [0.25, 0.3) is 5.91 Å². The van der Waals surface area contributed by atoms with Crippen molar-refractivity contribution in [1.29, 1.82) is 0 Å². The SMILES string of the molecule is Cc1ncccc1C(=O)NCC(C)(C)CCCl. The zero-order valence-corrected chi connectivity index (χ0v) is 11.3. The van der Waals surface area contributed by atoms with E-state index in [2.05, 4.69) is 24.1 Å². The average Bonchev–Trinajstić information content (AvgIpc) is 2.27. The van der Waals surface area contributed by atoms with E-state index in [0.717, 1.165) is 12.1 Å². The maximum Gasteiger partial charge on any atom is 0.253 e. The van der Waals surface area contributed by atoms with Gasteiger partial charge in [-0.15, -0.1) is 11.6 Å². The summed E-state index contributed by atoms with van der Waals surface area (Å²) in [5, 5.41) is 2.93. The Balaban J connectivity index is 2.59. The Hall–Kier alpha value is -1.09. The second kappa shape index (κ2) is 6.01. The van der Waals surface area contributed by atoms with Gasteiger partial charge in [0.15, 0.2) is 0 Å². The molecule has 94 valence electrons. The van der Waals surface area contributed by atoms with Gasteiger partial charge in [0.1, 0.15) is 0 Å². The number of amides is 1. The maximum atomic E-state index is 11.9. The largest absolute Gasteiger partial charge is 0.351 e. The number of aromatic nitrogens is 1. The number of aryl methyl sites for hydroxylation is 1. The molecule has 0 radical (unpaired) electrons. The van der Waals surface area contributed by atoms with Crippen molar-refractivity contribution in [2.24, 2.45) is 5.41 Å². The fraction of sp³-hybridized carbons (Fsp3) is 0.538. The maximum absolute atomic E-state index is 11.9. The summed E-state index contributed by atoms with van der Waals surface area (Å²) in [6, 6.07) is 3.55. The number of carbonyl (C=O) groups excluding carboxylic acids is 1. The molecule has 0 unspecified atom stereocenters. The molecule has 0 aliphatic carbocycles. The molecule has 1 aromatic rings. The van der Waals surface area contributed by atoms with E-state index >= 15 is 0 Å². The number of hydrogen-bond acceptors (Lipinski definition) is 2. The Labute approximate surface area is 108 Å². The van der Waals surface area contributed by atoms with Crippen LogP contribution in [0.25, 0.3) is 0 Å². The normalized spacial score (nSPS) is 11.3. The van der Waals surface area contributed by atoms with Gasteiger partial charge in [0.2, 0.25) is 0 Å². The minimum atomic E-state index is -0.0711. The van der Waals surface area contributed by atoms with Crippen LogP contribution in [0.3, 0.4) is 0 Å². The van der Waals surface area contributed by atoms with Crippen LogP contribution in [0, 0.1) is 12.3 Å². The molecule has 0 saturated carbocycles. The summed E-state index contributed by atoms with van der Waals surface area (Å²) < 4.78 is 0. The topological polar surface area (TPSA) is 42.0 Å². The molecule has 0 aliphatic heterocycles. The number of alkyl halides is 1. The van der Waals surface area contributed by atoms with Gasteiger partial charge in [-0.3, -0.25) is 9.78 Å². The molecule has 0 fully saturated rings. The summed E-state index contributed by atoms with van der Waals surface area (Å²) in [6.45, 7) is 6.63. The molecule has 1 rings (SSSR count). The van der Waals surface area contributed by atoms with Crippen LogP contribution < -0.4 is 5.32 Å². The van der Waals surface area contributed by atoms with Gasteiger partial charge in [-0.25, -0.2) is 0 Å². The van der Waals surface area contributed by atoms with E-state index in [1.165, 1.54) is 0 Å². The van der Waals surface area contributed by atoms with Crippen LogP contribution in [0.4, 0.5) is 0 Å². The van der Waals surface area contributed by atoms with Crippen molar-refractivity contribution in [2.45, 2.75) is 27.2 Å². The van der Waals surface area contributed by atoms with Crippen LogP contribution in [-0.2, 0) is 0 Å². The molecule has 0 spiro atoms. The smallest absolute Gasteiger partial charge is 0.253 e. The Bertz CT molecular complexity index is 391. The van der Waals surface area contributed by atoms with Crippen molar-refractivity contribution in [3.05, 3.63) is 29.6 Å². The lowest BCUT2D eigenvalue weighted by atomic mass is 9.90. The van der Waals surface area contributed by atoms with Crippen molar-refractivity contribution >= 4 is 17.5 Å². The van der Waals surface area contributed by atoms with Crippen LogP contribution in [0.5, 0.6) is 0 Å². The molecule has 3 nitrogen and oxygen atoms in total. The van der Waals surface area contributed by atoms with Crippen molar-refractivity contribution < 1.29 is 4.79 Å². The zero-order valence-electron chi connectivity index (χ0n) is 10.6. The lowest BCUT2D eigenvalue weighted by Gasteiger charge is -2.23. The number of carbonyl (C=O) groups is 1. The monoisotopic (exact) mass is 254 g/mol. The number of nitrogens with zero attached hydrogens (tertiary/aromatic N) is 1. The van der Waals surface area contributed by atoms with Crippen LogP contribution in [0.1, 0.15) is 36.3 Å². The third kappa shape index (κ3) is 4.35. The average molecular weight is 255 g/mol. The molecule has 0 bridgehead atoms. The fourth-order valence-electron chi connectivity index (χ4n) is 1.48. The minimum Gasteiger partial charge on any atom is -0.351 e. The molecule has 0 saturated heterocycles. The summed E-state index contributed by atoms with van der Waals surface area (Å²) in [7, 11) is 0. The Morgan fingerprint density at radius 3 is 2.82 bits per heavy atom.